The number of likely N-dealkylation sites (N-methyl/N-ethyl adjacent to an activating group) is 1. The van der Waals surface area contributed by atoms with Gasteiger partial charge in [-0.1, -0.05) is 13.3 Å². The third-order valence-corrected chi connectivity index (χ3v) is 4.08. The number of rotatable bonds is 5. The van der Waals surface area contributed by atoms with Crippen molar-refractivity contribution in [2.75, 3.05) is 26.7 Å². The molecule has 2 rings (SSSR count). The number of carbonyl (C=O) groups is 1. The van der Waals surface area contributed by atoms with E-state index >= 15 is 0 Å². The van der Waals surface area contributed by atoms with Gasteiger partial charge in [0.15, 0.2) is 0 Å². The minimum Gasteiger partial charge on any atom is -0.323 e. The van der Waals surface area contributed by atoms with Gasteiger partial charge in [-0.2, -0.15) is 0 Å². The van der Waals surface area contributed by atoms with E-state index in [1.807, 2.05) is 16.8 Å². The van der Waals surface area contributed by atoms with Crippen LogP contribution in [0.15, 0.2) is 0 Å². The molecule has 2 saturated heterocycles. The zero-order valence-electron chi connectivity index (χ0n) is 11.1. The van der Waals surface area contributed by atoms with Crippen molar-refractivity contribution >= 4 is 6.03 Å². The third-order valence-electron chi connectivity index (χ3n) is 4.08. The maximum atomic E-state index is 12.0. The maximum Gasteiger partial charge on any atom is 0.320 e. The zero-order chi connectivity index (χ0) is 12.3. The van der Waals surface area contributed by atoms with Crippen molar-refractivity contribution in [2.24, 2.45) is 0 Å². The molecule has 2 fully saturated rings. The topological polar surface area (TPSA) is 35.6 Å². The summed E-state index contributed by atoms with van der Waals surface area (Å²) in [6, 6.07) is 1.30. The van der Waals surface area contributed by atoms with Gasteiger partial charge < -0.3 is 15.1 Å². The van der Waals surface area contributed by atoms with E-state index in [0.717, 1.165) is 38.9 Å². The number of urea groups is 1. The molecule has 4 nitrogen and oxygen atoms in total. The lowest BCUT2D eigenvalue weighted by atomic mass is 10.1. The van der Waals surface area contributed by atoms with E-state index in [1.54, 1.807) is 0 Å². The highest BCUT2D eigenvalue weighted by molar-refractivity contribution is 5.76. The second-order valence-corrected chi connectivity index (χ2v) is 5.36. The highest BCUT2D eigenvalue weighted by Crippen LogP contribution is 2.19. The summed E-state index contributed by atoms with van der Waals surface area (Å²) in [6.45, 7) is 5.18. The van der Waals surface area contributed by atoms with E-state index in [4.69, 9.17) is 0 Å². The molecule has 0 aromatic heterocycles. The number of carbonyl (C=O) groups excluding carboxylic acids is 1. The largest absolute Gasteiger partial charge is 0.323 e. The molecule has 0 aromatic carbocycles. The molecule has 2 aliphatic rings. The summed E-state index contributed by atoms with van der Waals surface area (Å²) in [4.78, 5) is 16.0. The Hall–Kier alpha value is -0.770. The average Bonchev–Trinajstić information content (AvgIpc) is 2.91. The van der Waals surface area contributed by atoms with Gasteiger partial charge in [-0.05, 0) is 32.2 Å². The molecule has 2 heterocycles. The molecule has 98 valence electrons. The number of nitrogens with zero attached hydrogens (tertiary/aromatic N) is 2. The van der Waals surface area contributed by atoms with E-state index < -0.39 is 0 Å². The first-order chi connectivity index (χ1) is 8.22. The first kappa shape index (κ1) is 12.7. The second-order valence-electron chi connectivity index (χ2n) is 5.36. The van der Waals surface area contributed by atoms with Crippen LogP contribution in [0.25, 0.3) is 0 Å². The molecular formula is C13H25N3O. The standard InChI is InChI=1S/C13H25N3O/c1-3-5-12-10-16(13(17)15(12)2)9-7-11-6-4-8-14-11/h11-12,14H,3-10H2,1-2H3. The average molecular weight is 239 g/mol. The number of amides is 2. The molecule has 2 atom stereocenters. The molecular weight excluding hydrogens is 214 g/mol. The van der Waals surface area contributed by atoms with Crippen LogP contribution in [0.3, 0.4) is 0 Å². The molecule has 0 radical (unpaired) electrons. The molecule has 17 heavy (non-hydrogen) atoms. The SMILES string of the molecule is CCCC1CN(CCC2CCCN2)C(=O)N1C. The Bertz CT molecular complexity index is 263. The van der Waals surface area contributed by atoms with Crippen LogP contribution in [-0.4, -0.2) is 54.6 Å². The molecule has 4 heteroatoms. The number of hydrogen-bond acceptors (Lipinski definition) is 2. The zero-order valence-corrected chi connectivity index (χ0v) is 11.1. The Morgan fingerprint density at radius 3 is 2.88 bits per heavy atom. The van der Waals surface area contributed by atoms with Crippen molar-refractivity contribution in [1.82, 2.24) is 15.1 Å². The molecule has 0 aromatic rings. The summed E-state index contributed by atoms with van der Waals surface area (Å²) in [5, 5.41) is 3.49. The molecule has 0 aliphatic carbocycles. The van der Waals surface area contributed by atoms with Crippen LogP contribution < -0.4 is 5.32 Å². The smallest absolute Gasteiger partial charge is 0.320 e. The van der Waals surface area contributed by atoms with Gasteiger partial charge in [-0.15, -0.1) is 0 Å². The van der Waals surface area contributed by atoms with E-state index in [2.05, 4.69) is 12.2 Å². The van der Waals surface area contributed by atoms with Crippen LogP contribution in [0.2, 0.25) is 0 Å². The fourth-order valence-corrected chi connectivity index (χ4v) is 2.95. The van der Waals surface area contributed by atoms with Crippen LogP contribution >= 0.6 is 0 Å². The van der Waals surface area contributed by atoms with Gasteiger partial charge in [-0.3, -0.25) is 0 Å². The molecule has 2 aliphatic heterocycles. The van der Waals surface area contributed by atoms with Crippen molar-refractivity contribution in [3.63, 3.8) is 0 Å². The normalized spacial score (nSPS) is 29.4. The Labute approximate surface area is 104 Å². The number of hydrogen-bond donors (Lipinski definition) is 1. The summed E-state index contributed by atoms with van der Waals surface area (Å²) < 4.78 is 0. The summed E-state index contributed by atoms with van der Waals surface area (Å²) in [7, 11) is 1.94. The lowest BCUT2D eigenvalue weighted by molar-refractivity contribution is 0.193. The van der Waals surface area contributed by atoms with Gasteiger partial charge in [0.1, 0.15) is 0 Å². The predicted octanol–water partition coefficient (Wildman–Crippen LogP) is 1.66. The first-order valence-electron chi connectivity index (χ1n) is 6.97. The van der Waals surface area contributed by atoms with Crippen LogP contribution in [0.5, 0.6) is 0 Å². The van der Waals surface area contributed by atoms with Gasteiger partial charge in [0.2, 0.25) is 0 Å². The minimum absolute atomic E-state index is 0.224. The predicted molar refractivity (Wildman–Crippen MR) is 69.1 cm³/mol. The number of nitrogens with one attached hydrogen (secondary N) is 1. The summed E-state index contributed by atoms with van der Waals surface area (Å²) in [5.74, 6) is 0. The van der Waals surface area contributed by atoms with Gasteiger partial charge in [0, 0.05) is 26.2 Å². The molecule has 0 spiro atoms. The Morgan fingerprint density at radius 2 is 2.24 bits per heavy atom. The van der Waals surface area contributed by atoms with Crippen LogP contribution in [0.4, 0.5) is 4.79 Å². The lowest BCUT2D eigenvalue weighted by Crippen LogP contribution is -2.34. The lowest BCUT2D eigenvalue weighted by Gasteiger charge is -2.18. The van der Waals surface area contributed by atoms with Crippen molar-refractivity contribution in [3.8, 4) is 0 Å². The van der Waals surface area contributed by atoms with Gasteiger partial charge in [-0.25, -0.2) is 4.79 Å². The Morgan fingerprint density at radius 1 is 1.41 bits per heavy atom. The van der Waals surface area contributed by atoms with Crippen molar-refractivity contribution < 1.29 is 4.79 Å². The third kappa shape index (κ3) is 2.92. The molecule has 0 bridgehead atoms. The fraction of sp³-hybridized carbons (Fsp3) is 0.923. The summed E-state index contributed by atoms with van der Waals surface area (Å²) in [5.41, 5.74) is 0. The van der Waals surface area contributed by atoms with Crippen molar-refractivity contribution in [3.05, 3.63) is 0 Å². The van der Waals surface area contributed by atoms with Gasteiger partial charge in [0.05, 0.1) is 6.04 Å². The monoisotopic (exact) mass is 239 g/mol. The van der Waals surface area contributed by atoms with E-state index in [0.29, 0.717) is 12.1 Å². The highest BCUT2D eigenvalue weighted by atomic mass is 16.2. The van der Waals surface area contributed by atoms with Gasteiger partial charge >= 0.3 is 6.03 Å². The highest BCUT2D eigenvalue weighted by Gasteiger charge is 2.33. The molecule has 2 amide bonds. The quantitative estimate of drug-likeness (QED) is 0.792. The van der Waals surface area contributed by atoms with Crippen molar-refractivity contribution in [1.29, 1.82) is 0 Å². The summed E-state index contributed by atoms with van der Waals surface area (Å²) in [6.07, 6.45) is 5.95. The molecule has 2 unspecified atom stereocenters. The first-order valence-corrected chi connectivity index (χ1v) is 6.97. The fourth-order valence-electron chi connectivity index (χ4n) is 2.95. The van der Waals surface area contributed by atoms with Crippen LogP contribution in [0.1, 0.15) is 39.0 Å². The maximum absolute atomic E-state index is 12.0. The van der Waals surface area contributed by atoms with Crippen molar-refractivity contribution in [2.45, 2.75) is 51.1 Å². The Balaban J connectivity index is 1.78. The van der Waals surface area contributed by atoms with Gasteiger partial charge in [0.25, 0.3) is 0 Å². The minimum atomic E-state index is 0.224. The molecule has 1 N–H and O–H groups in total. The van der Waals surface area contributed by atoms with Crippen LogP contribution in [-0.2, 0) is 0 Å². The van der Waals surface area contributed by atoms with Crippen LogP contribution in [0, 0.1) is 0 Å². The van der Waals surface area contributed by atoms with E-state index in [-0.39, 0.29) is 6.03 Å². The Kier molecular flexibility index (Phi) is 4.26. The van der Waals surface area contributed by atoms with E-state index in [9.17, 15) is 4.79 Å². The second kappa shape index (κ2) is 5.71. The van der Waals surface area contributed by atoms with E-state index in [1.165, 1.54) is 12.8 Å². The summed E-state index contributed by atoms with van der Waals surface area (Å²) >= 11 is 0. The molecule has 0 saturated carbocycles.